The first-order valence-electron chi connectivity index (χ1n) is 7.42. The van der Waals surface area contributed by atoms with Crippen molar-refractivity contribution in [3.8, 4) is 17.2 Å². The van der Waals surface area contributed by atoms with E-state index in [1.54, 1.807) is 19.3 Å². The molecule has 2 aliphatic heterocycles. The van der Waals surface area contributed by atoms with Crippen molar-refractivity contribution in [1.29, 1.82) is 0 Å². The highest BCUT2D eigenvalue weighted by Gasteiger charge is 2.22. The molecule has 0 N–H and O–H groups in total. The number of methoxy groups -OCH3 is 1. The average molecular weight is 322 g/mol. The SMILES string of the molecule is COc1ccc(C2=CC(=Cc3ccc4c(c3)OCO4)C(=O)O2)cc1. The second-order valence-electron chi connectivity index (χ2n) is 5.34. The largest absolute Gasteiger partial charge is 0.497 e. The Hall–Kier alpha value is -3.21. The summed E-state index contributed by atoms with van der Waals surface area (Å²) >= 11 is 0. The van der Waals surface area contributed by atoms with E-state index < -0.39 is 0 Å². The normalized spacial score (nSPS) is 17.0. The van der Waals surface area contributed by atoms with Gasteiger partial charge in [-0.2, -0.15) is 0 Å². The zero-order valence-electron chi connectivity index (χ0n) is 12.9. The molecule has 0 aliphatic carbocycles. The maximum Gasteiger partial charge on any atom is 0.343 e. The number of hydrogen-bond donors (Lipinski definition) is 0. The van der Waals surface area contributed by atoms with Gasteiger partial charge >= 0.3 is 5.97 Å². The minimum Gasteiger partial charge on any atom is -0.497 e. The summed E-state index contributed by atoms with van der Waals surface area (Å²) in [4.78, 5) is 12.1. The van der Waals surface area contributed by atoms with Crippen LogP contribution in [-0.2, 0) is 9.53 Å². The van der Waals surface area contributed by atoms with E-state index in [2.05, 4.69) is 0 Å². The van der Waals surface area contributed by atoms with E-state index in [9.17, 15) is 4.79 Å². The molecule has 5 nitrogen and oxygen atoms in total. The van der Waals surface area contributed by atoms with Gasteiger partial charge in [0.05, 0.1) is 12.7 Å². The molecule has 2 aromatic rings. The molecule has 0 saturated heterocycles. The molecule has 5 heteroatoms. The predicted molar refractivity (Wildman–Crippen MR) is 87.6 cm³/mol. The molecule has 4 rings (SSSR count). The molecule has 0 fully saturated rings. The Kier molecular flexibility index (Phi) is 3.46. The average Bonchev–Trinajstić information content (AvgIpc) is 3.21. The summed E-state index contributed by atoms with van der Waals surface area (Å²) in [5.74, 6) is 2.28. The molecule has 0 radical (unpaired) electrons. The Bertz CT molecular complexity index is 862. The first-order chi connectivity index (χ1) is 11.7. The third kappa shape index (κ3) is 2.60. The molecular weight excluding hydrogens is 308 g/mol. The second kappa shape index (κ2) is 5.77. The minimum atomic E-state index is -0.376. The quantitative estimate of drug-likeness (QED) is 0.640. The van der Waals surface area contributed by atoms with Crippen LogP contribution < -0.4 is 14.2 Å². The van der Waals surface area contributed by atoms with Crippen molar-refractivity contribution >= 4 is 17.8 Å². The highest BCUT2D eigenvalue weighted by molar-refractivity contribution is 6.05. The van der Waals surface area contributed by atoms with Crippen LogP contribution in [0.4, 0.5) is 0 Å². The van der Waals surface area contributed by atoms with Gasteiger partial charge in [-0.05, 0) is 54.1 Å². The van der Waals surface area contributed by atoms with Gasteiger partial charge in [0.15, 0.2) is 11.5 Å². The van der Waals surface area contributed by atoms with E-state index in [-0.39, 0.29) is 12.8 Å². The van der Waals surface area contributed by atoms with Gasteiger partial charge in [-0.1, -0.05) is 6.07 Å². The van der Waals surface area contributed by atoms with E-state index in [1.165, 1.54) is 0 Å². The Balaban J connectivity index is 1.63. The van der Waals surface area contributed by atoms with Crippen molar-refractivity contribution in [2.24, 2.45) is 0 Å². The summed E-state index contributed by atoms with van der Waals surface area (Å²) in [6.45, 7) is 0.221. The molecular formula is C19H14O5. The zero-order valence-corrected chi connectivity index (χ0v) is 12.9. The smallest absolute Gasteiger partial charge is 0.343 e. The summed E-state index contributed by atoms with van der Waals surface area (Å²) in [6.07, 6.45) is 3.50. The Labute approximate surface area is 138 Å². The molecule has 0 atom stereocenters. The van der Waals surface area contributed by atoms with Crippen LogP contribution in [0.25, 0.3) is 11.8 Å². The third-order valence-electron chi connectivity index (χ3n) is 3.82. The molecule has 0 saturated carbocycles. The van der Waals surface area contributed by atoms with E-state index in [1.807, 2.05) is 42.5 Å². The molecule has 24 heavy (non-hydrogen) atoms. The summed E-state index contributed by atoms with van der Waals surface area (Å²) in [6, 6.07) is 12.9. The van der Waals surface area contributed by atoms with Crippen molar-refractivity contribution in [3.63, 3.8) is 0 Å². The van der Waals surface area contributed by atoms with Gasteiger partial charge in [-0.3, -0.25) is 0 Å². The zero-order chi connectivity index (χ0) is 16.5. The number of cyclic esters (lactones) is 1. The maximum atomic E-state index is 12.1. The number of benzene rings is 2. The van der Waals surface area contributed by atoms with Crippen LogP contribution in [0.2, 0.25) is 0 Å². The van der Waals surface area contributed by atoms with Crippen molar-refractivity contribution in [2.45, 2.75) is 0 Å². The molecule has 2 heterocycles. The van der Waals surface area contributed by atoms with Crippen LogP contribution in [0.1, 0.15) is 11.1 Å². The van der Waals surface area contributed by atoms with Crippen molar-refractivity contribution in [1.82, 2.24) is 0 Å². The monoisotopic (exact) mass is 322 g/mol. The lowest BCUT2D eigenvalue weighted by Crippen LogP contribution is -1.97. The fraction of sp³-hybridized carbons (Fsp3) is 0.105. The van der Waals surface area contributed by atoms with Crippen LogP contribution in [0, 0.1) is 0 Å². The number of ether oxygens (including phenoxy) is 4. The molecule has 0 bridgehead atoms. The van der Waals surface area contributed by atoms with Crippen LogP contribution in [0.3, 0.4) is 0 Å². The highest BCUT2D eigenvalue weighted by atomic mass is 16.7. The first-order valence-corrected chi connectivity index (χ1v) is 7.42. The van der Waals surface area contributed by atoms with Crippen LogP contribution in [0.15, 0.2) is 54.1 Å². The van der Waals surface area contributed by atoms with Gasteiger partial charge in [-0.15, -0.1) is 0 Å². The standard InChI is InChI=1S/C19H14O5/c1-21-15-5-3-13(4-6-15)17-10-14(19(20)24-17)8-12-2-7-16-18(9-12)23-11-22-16/h2-10H,11H2,1H3. The lowest BCUT2D eigenvalue weighted by Gasteiger charge is -2.03. The lowest BCUT2D eigenvalue weighted by molar-refractivity contribution is -0.130. The van der Waals surface area contributed by atoms with E-state index in [0.717, 1.165) is 16.9 Å². The minimum absolute atomic E-state index is 0.221. The Morgan fingerprint density at radius 3 is 2.62 bits per heavy atom. The van der Waals surface area contributed by atoms with E-state index >= 15 is 0 Å². The highest BCUT2D eigenvalue weighted by Crippen LogP contribution is 2.34. The number of fused-ring (bicyclic) bond motifs is 1. The molecule has 0 unspecified atom stereocenters. The van der Waals surface area contributed by atoms with Gasteiger partial charge in [0.1, 0.15) is 11.5 Å². The molecule has 0 aromatic heterocycles. The molecule has 2 aromatic carbocycles. The lowest BCUT2D eigenvalue weighted by atomic mass is 10.1. The number of rotatable bonds is 3. The first kappa shape index (κ1) is 14.4. The molecule has 0 spiro atoms. The second-order valence-corrected chi connectivity index (χ2v) is 5.34. The fourth-order valence-corrected chi connectivity index (χ4v) is 2.57. The van der Waals surface area contributed by atoms with Gasteiger partial charge < -0.3 is 18.9 Å². The van der Waals surface area contributed by atoms with Crippen LogP contribution >= 0.6 is 0 Å². The van der Waals surface area contributed by atoms with Crippen LogP contribution in [0.5, 0.6) is 17.2 Å². The van der Waals surface area contributed by atoms with Crippen molar-refractivity contribution < 1.29 is 23.7 Å². The summed E-state index contributed by atoms with van der Waals surface area (Å²) in [5, 5.41) is 0. The van der Waals surface area contributed by atoms with Gasteiger partial charge in [0.25, 0.3) is 0 Å². The van der Waals surface area contributed by atoms with E-state index in [4.69, 9.17) is 18.9 Å². The van der Waals surface area contributed by atoms with E-state index in [0.29, 0.717) is 22.8 Å². The number of esters is 1. The van der Waals surface area contributed by atoms with Crippen LogP contribution in [-0.4, -0.2) is 19.9 Å². The van der Waals surface area contributed by atoms with Crippen molar-refractivity contribution in [2.75, 3.05) is 13.9 Å². The number of carbonyl (C=O) groups is 1. The predicted octanol–water partition coefficient (Wildman–Crippen LogP) is 3.41. The van der Waals surface area contributed by atoms with Gasteiger partial charge in [0.2, 0.25) is 6.79 Å². The Morgan fingerprint density at radius 2 is 1.83 bits per heavy atom. The molecule has 0 amide bonds. The molecule has 2 aliphatic rings. The molecule has 120 valence electrons. The maximum absolute atomic E-state index is 12.1. The van der Waals surface area contributed by atoms with Gasteiger partial charge in [0, 0.05) is 5.56 Å². The third-order valence-corrected chi connectivity index (χ3v) is 3.82. The van der Waals surface area contributed by atoms with Crippen molar-refractivity contribution in [3.05, 3.63) is 65.2 Å². The summed E-state index contributed by atoms with van der Waals surface area (Å²) in [7, 11) is 1.61. The summed E-state index contributed by atoms with van der Waals surface area (Å²) in [5.41, 5.74) is 2.15. The number of carbonyl (C=O) groups excluding carboxylic acids is 1. The number of hydrogen-bond acceptors (Lipinski definition) is 5. The topological polar surface area (TPSA) is 54.0 Å². The summed E-state index contributed by atoms with van der Waals surface area (Å²) < 4.78 is 21.1. The fourth-order valence-electron chi connectivity index (χ4n) is 2.57. The van der Waals surface area contributed by atoms with Gasteiger partial charge in [-0.25, -0.2) is 4.79 Å². The Morgan fingerprint density at radius 1 is 1.04 bits per heavy atom.